The van der Waals surface area contributed by atoms with Crippen molar-refractivity contribution in [2.45, 2.75) is 19.9 Å². The number of esters is 1. The van der Waals surface area contributed by atoms with Crippen LogP contribution in [0.2, 0.25) is 0 Å². The lowest BCUT2D eigenvalue weighted by atomic mass is 10.2. The van der Waals surface area contributed by atoms with Crippen LogP contribution >= 0.6 is 0 Å². The van der Waals surface area contributed by atoms with E-state index >= 15 is 0 Å². The number of hydrogen-bond donors (Lipinski definition) is 0. The molecule has 18 heavy (non-hydrogen) atoms. The molecule has 0 bridgehead atoms. The summed E-state index contributed by atoms with van der Waals surface area (Å²) >= 11 is 0. The first kappa shape index (κ1) is 12.3. The minimum absolute atomic E-state index is 0.138. The second-order valence-electron chi connectivity index (χ2n) is 3.88. The van der Waals surface area contributed by atoms with Crippen LogP contribution in [0.15, 0.2) is 30.6 Å². The zero-order valence-electron chi connectivity index (χ0n) is 10.1. The summed E-state index contributed by atoms with van der Waals surface area (Å²) < 4.78 is 6.47. The van der Waals surface area contributed by atoms with Crippen molar-refractivity contribution in [2.24, 2.45) is 0 Å². The van der Waals surface area contributed by atoms with Crippen LogP contribution in [-0.2, 0) is 20.9 Å². The third-order valence-corrected chi connectivity index (χ3v) is 2.52. The van der Waals surface area contributed by atoms with Crippen molar-refractivity contribution in [3.8, 4) is 0 Å². The number of aromatic nitrogens is 2. The van der Waals surface area contributed by atoms with Gasteiger partial charge in [0.05, 0.1) is 30.5 Å². The highest BCUT2D eigenvalue weighted by Gasteiger charge is 2.12. The Hall–Kier alpha value is -2.17. The van der Waals surface area contributed by atoms with Crippen LogP contribution in [0.25, 0.3) is 11.0 Å². The maximum absolute atomic E-state index is 11.7. The smallest absolute Gasteiger partial charge is 0.313 e. The van der Waals surface area contributed by atoms with Gasteiger partial charge < -0.3 is 9.30 Å². The molecule has 5 heteroatoms. The Bertz CT molecular complexity index is 574. The SMILES string of the molecule is CCOC(=O)CC(=O)Cn1cnc2ccccc21. The molecule has 0 fully saturated rings. The predicted molar refractivity (Wildman–Crippen MR) is 66.0 cm³/mol. The molecule has 0 aliphatic rings. The van der Waals surface area contributed by atoms with Gasteiger partial charge in [-0.15, -0.1) is 0 Å². The van der Waals surface area contributed by atoms with Crippen LogP contribution in [0.3, 0.4) is 0 Å². The Morgan fingerprint density at radius 2 is 2.11 bits per heavy atom. The zero-order valence-corrected chi connectivity index (χ0v) is 10.1. The molecule has 0 saturated heterocycles. The number of ether oxygens (including phenoxy) is 1. The second-order valence-corrected chi connectivity index (χ2v) is 3.88. The maximum atomic E-state index is 11.7. The van der Waals surface area contributed by atoms with Gasteiger partial charge in [-0.1, -0.05) is 12.1 Å². The van der Waals surface area contributed by atoms with Crippen molar-refractivity contribution in [1.82, 2.24) is 9.55 Å². The van der Waals surface area contributed by atoms with E-state index in [9.17, 15) is 9.59 Å². The molecule has 1 aromatic heterocycles. The number of imidazole rings is 1. The normalized spacial score (nSPS) is 10.5. The van der Waals surface area contributed by atoms with Gasteiger partial charge in [-0.25, -0.2) is 4.98 Å². The molecular formula is C13H14N2O3. The summed E-state index contributed by atoms with van der Waals surface area (Å²) in [4.78, 5) is 27.0. The van der Waals surface area contributed by atoms with Crippen LogP contribution < -0.4 is 0 Å². The van der Waals surface area contributed by atoms with Crippen LogP contribution in [0.5, 0.6) is 0 Å². The van der Waals surface area contributed by atoms with Crippen molar-refractivity contribution in [2.75, 3.05) is 6.61 Å². The quantitative estimate of drug-likeness (QED) is 0.593. The first-order chi connectivity index (χ1) is 8.70. The number of Topliss-reactive ketones (excluding diaryl/α,β-unsaturated/α-hetero) is 1. The largest absolute Gasteiger partial charge is 0.466 e. The lowest BCUT2D eigenvalue weighted by Crippen LogP contribution is -2.15. The number of para-hydroxylation sites is 2. The summed E-state index contributed by atoms with van der Waals surface area (Å²) in [7, 11) is 0. The molecule has 1 heterocycles. The van der Waals surface area contributed by atoms with Gasteiger partial charge in [-0.3, -0.25) is 9.59 Å². The molecule has 0 aliphatic heterocycles. The minimum atomic E-state index is -0.480. The lowest BCUT2D eigenvalue weighted by molar-refractivity contribution is -0.145. The Kier molecular flexibility index (Phi) is 3.72. The first-order valence-corrected chi connectivity index (χ1v) is 5.78. The molecule has 0 atom stereocenters. The number of carbonyl (C=O) groups excluding carboxylic acids is 2. The van der Waals surface area contributed by atoms with Crippen molar-refractivity contribution in [1.29, 1.82) is 0 Å². The summed E-state index contributed by atoms with van der Waals surface area (Å²) in [6.45, 7) is 2.14. The van der Waals surface area contributed by atoms with Crippen molar-refractivity contribution < 1.29 is 14.3 Å². The van der Waals surface area contributed by atoms with Crippen LogP contribution in [0, 0.1) is 0 Å². The fourth-order valence-corrected chi connectivity index (χ4v) is 1.76. The van der Waals surface area contributed by atoms with Crippen LogP contribution in [0.4, 0.5) is 0 Å². The van der Waals surface area contributed by atoms with Crippen LogP contribution in [0.1, 0.15) is 13.3 Å². The first-order valence-electron chi connectivity index (χ1n) is 5.78. The van der Waals surface area contributed by atoms with Crippen molar-refractivity contribution in [3.05, 3.63) is 30.6 Å². The molecule has 0 unspecified atom stereocenters. The number of fused-ring (bicyclic) bond motifs is 1. The van der Waals surface area contributed by atoms with E-state index in [0.29, 0.717) is 6.61 Å². The molecule has 0 aliphatic carbocycles. The van der Waals surface area contributed by atoms with Gasteiger partial charge >= 0.3 is 5.97 Å². The molecule has 0 N–H and O–H groups in total. The van der Waals surface area contributed by atoms with E-state index in [1.807, 2.05) is 24.3 Å². The summed E-state index contributed by atoms with van der Waals surface area (Å²) in [5.74, 6) is -0.663. The van der Waals surface area contributed by atoms with E-state index in [1.165, 1.54) is 0 Å². The average Bonchev–Trinajstić information content (AvgIpc) is 2.73. The fourth-order valence-electron chi connectivity index (χ4n) is 1.76. The summed E-state index contributed by atoms with van der Waals surface area (Å²) in [6, 6.07) is 7.54. The second kappa shape index (κ2) is 5.44. The Labute approximate surface area is 104 Å². The number of rotatable bonds is 5. The van der Waals surface area contributed by atoms with E-state index in [1.54, 1.807) is 17.8 Å². The number of carbonyl (C=O) groups is 2. The molecule has 0 amide bonds. The van der Waals surface area contributed by atoms with Gasteiger partial charge in [-0.2, -0.15) is 0 Å². The van der Waals surface area contributed by atoms with Gasteiger partial charge in [0.2, 0.25) is 0 Å². The van der Waals surface area contributed by atoms with Crippen molar-refractivity contribution >= 4 is 22.8 Å². The summed E-state index contributed by atoms with van der Waals surface area (Å²) in [6.07, 6.45) is 1.41. The molecule has 5 nitrogen and oxygen atoms in total. The molecule has 0 radical (unpaired) electrons. The van der Waals surface area contributed by atoms with E-state index in [4.69, 9.17) is 4.74 Å². The highest BCUT2D eigenvalue weighted by molar-refractivity contribution is 5.95. The molecule has 0 saturated carbocycles. The minimum Gasteiger partial charge on any atom is -0.466 e. The monoisotopic (exact) mass is 246 g/mol. The van der Waals surface area contributed by atoms with Gasteiger partial charge in [0, 0.05) is 0 Å². The van der Waals surface area contributed by atoms with Crippen molar-refractivity contribution in [3.63, 3.8) is 0 Å². The number of hydrogen-bond acceptors (Lipinski definition) is 4. The highest BCUT2D eigenvalue weighted by atomic mass is 16.5. The van der Waals surface area contributed by atoms with Gasteiger partial charge in [0.1, 0.15) is 6.42 Å². The van der Waals surface area contributed by atoms with Crippen LogP contribution in [-0.4, -0.2) is 27.9 Å². The van der Waals surface area contributed by atoms with Gasteiger partial charge in [0.15, 0.2) is 5.78 Å². The Morgan fingerprint density at radius 1 is 1.33 bits per heavy atom. The van der Waals surface area contributed by atoms with Gasteiger partial charge in [0.25, 0.3) is 0 Å². The maximum Gasteiger partial charge on any atom is 0.313 e. The highest BCUT2D eigenvalue weighted by Crippen LogP contribution is 2.11. The third-order valence-electron chi connectivity index (χ3n) is 2.52. The van der Waals surface area contributed by atoms with E-state index in [0.717, 1.165) is 11.0 Å². The standard InChI is InChI=1S/C13H14N2O3/c1-2-18-13(17)7-10(16)8-15-9-14-11-5-3-4-6-12(11)15/h3-6,9H,2,7-8H2,1H3. The lowest BCUT2D eigenvalue weighted by Gasteiger charge is -2.03. The molecule has 2 rings (SSSR count). The Morgan fingerprint density at radius 3 is 2.89 bits per heavy atom. The molecule has 2 aromatic rings. The average molecular weight is 246 g/mol. The Balaban J connectivity index is 2.05. The molecule has 1 aromatic carbocycles. The number of benzene rings is 1. The topological polar surface area (TPSA) is 61.2 Å². The van der Waals surface area contributed by atoms with E-state index < -0.39 is 5.97 Å². The third kappa shape index (κ3) is 2.74. The zero-order chi connectivity index (χ0) is 13.0. The number of ketones is 1. The molecule has 0 spiro atoms. The predicted octanol–water partition coefficient (Wildman–Crippen LogP) is 1.56. The van der Waals surface area contributed by atoms with E-state index in [2.05, 4.69) is 4.98 Å². The summed E-state index contributed by atoms with van der Waals surface area (Å²) in [5, 5.41) is 0. The molecular weight excluding hydrogens is 232 g/mol. The fraction of sp³-hybridized carbons (Fsp3) is 0.308. The van der Waals surface area contributed by atoms with Gasteiger partial charge in [-0.05, 0) is 19.1 Å². The summed E-state index contributed by atoms with van der Waals surface area (Å²) in [5.41, 5.74) is 1.72. The molecule has 94 valence electrons. The van der Waals surface area contributed by atoms with E-state index in [-0.39, 0.29) is 18.7 Å². The number of nitrogens with zero attached hydrogens (tertiary/aromatic N) is 2.